The van der Waals surface area contributed by atoms with E-state index in [0.717, 1.165) is 32.2 Å². The fourth-order valence-electron chi connectivity index (χ4n) is 1.83. The maximum Gasteiger partial charge on any atom is 0.330 e. The predicted octanol–water partition coefficient (Wildman–Crippen LogP) is 3.46. The van der Waals surface area contributed by atoms with Gasteiger partial charge in [-0.2, -0.15) is 0 Å². The van der Waals surface area contributed by atoms with Crippen LogP contribution in [0.2, 0.25) is 0 Å². The number of rotatable bonds is 12. The molecule has 0 rings (SSSR count). The van der Waals surface area contributed by atoms with Crippen molar-refractivity contribution in [3.05, 3.63) is 12.7 Å². The van der Waals surface area contributed by atoms with Gasteiger partial charge < -0.3 is 13.9 Å². The molecular weight excluding hydrogens is 277 g/mol. The molecule has 6 heteroatoms. The van der Waals surface area contributed by atoms with E-state index in [9.17, 15) is 9.36 Å². The molecule has 118 valence electrons. The van der Waals surface area contributed by atoms with Gasteiger partial charge in [-0.1, -0.05) is 19.4 Å². The van der Waals surface area contributed by atoms with Crippen LogP contribution in [-0.4, -0.2) is 43.8 Å². The van der Waals surface area contributed by atoms with Gasteiger partial charge in [0.15, 0.2) is 0 Å². The average Bonchev–Trinajstić information content (AvgIpc) is 2.42. The average molecular weight is 305 g/mol. The van der Waals surface area contributed by atoms with Crippen molar-refractivity contribution in [1.82, 2.24) is 4.90 Å². The Morgan fingerprint density at radius 3 is 2.20 bits per heavy atom. The lowest BCUT2D eigenvalue weighted by atomic mass is 10.2. The molecule has 0 unspecified atom stereocenters. The molecule has 0 aromatic heterocycles. The molecule has 0 saturated heterocycles. The molecule has 0 aromatic rings. The van der Waals surface area contributed by atoms with Gasteiger partial charge in [-0.25, -0.2) is 0 Å². The van der Waals surface area contributed by atoms with Crippen LogP contribution in [0.1, 0.15) is 39.5 Å². The Labute approximate surface area is 122 Å². The third kappa shape index (κ3) is 8.51. The topological polar surface area (TPSA) is 55.8 Å². The molecule has 0 fully saturated rings. The van der Waals surface area contributed by atoms with Crippen LogP contribution in [0, 0.1) is 0 Å². The minimum Gasteiger partial charge on any atom is -0.342 e. The maximum atomic E-state index is 12.2. The Morgan fingerprint density at radius 1 is 1.15 bits per heavy atom. The monoisotopic (exact) mass is 305 g/mol. The van der Waals surface area contributed by atoms with Crippen molar-refractivity contribution < 1.29 is 18.4 Å². The summed E-state index contributed by atoms with van der Waals surface area (Å²) >= 11 is 0. The van der Waals surface area contributed by atoms with Crippen molar-refractivity contribution in [3.8, 4) is 0 Å². The van der Waals surface area contributed by atoms with Crippen LogP contribution in [0.3, 0.4) is 0 Å². The number of hydrogen-bond donors (Lipinski definition) is 0. The Hall–Kier alpha value is -0.640. The quantitative estimate of drug-likeness (QED) is 0.315. The molecule has 0 N–H and O–H groups in total. The molecule has 0 aliphatic rings. The van der Waals surface area contributed by atoms with Crippen molar-refractivity contribution in [1.29, 1.82) is 0 Å². The number of nitrogens with zero attached hydrogens (tertiary/aromatic N) is 1. The lowest BCUT2D eigenvalue weighted by Crippen LogP contribution is -2.25. The Balaban J connectivity index is 3.77. The SMILES string of the molecule is C=CC(=O)N(C)CCCCCCP(=O)(OCC)OCC. The summed E-state index contributed by atoms with van der Waals surface area (Å²) in [6.45, 7) is 8.63. The molecule has 0 aliphatic carbocycles. The van der Waals surface area contributed by atoms with Crippen LogP contribution in [0.25, 0.3) is 0 Å². The van der Waals surface area contributed by atoms with Gasteiger partial charge in [-0.05, 0) is 32.8 Å². The van der Waals surface area contributed by atoms with Crippen LogP contribution in [-0.2, 0) is 18.4 Å². The Kier molecular flexibility index (Phi) is 10.7. The molecule has 0 aromatic carbocycles. The van der Waals surface area contributed by atoms with E-state index in [1.54, 1.807) is 11.9 Å². The van der Waals surface area contributed by atoms with E-state index in [0.29, 0.717) is 19.4 Å². The second-order valence-corrected chi connectivity index (χ2v) is 6.73. The van der Waals surface area contributed by atoms with Crippen LogP contribution < -0.4 is 0 Å². The van der Waals surface area contributed by atoms with Gasteiger partial charge in [0.25, 0.3) is 0 Å². The Morgan fingerprint density at radius 2 is 1.70 bits per heavy atom. The first-order chi connectivity index (χ1) is 9.49. The summed E-state index contributed by atoms with van der Waals surface area (Å²) < 4.78 is 22.6. The third-order valence-electron chi connectivity index (χ3n) is 2.88. The van der Waals surface area contributed by atoms with Gasteiger partial charge in [0, 0.05) is 13.6 Å². The molecule has 0 radical (unpaired) electrons. The van der Waals surface area contributed by atoms with Gasteiger partial charge in [0.05, 0.1) is 19.4 Å². The van der Waals surface area contributed by atoms with Crippen LogP contribution in [0.15, 0.2) is 12.7 Å². The molecule has 0 atom stereocenters. The second kappa shape index (κ2) is 11.1. The van der Waals surface area contributed by atoms with Crippen molar-refractivity contribution in [2.45, 2.75) is 39.5 Å². The molecular formula is C14H28NO4P. The molecule has 1 amide bonds. The van der Waals surface area contributed by atoms with E-state index in [4.69, 9.17) is 9.05 Å². The van der Waals surface area contributed by atoms with Crippen LogP contribution in [0.5, 0.6) is 0 Å². The van der Waals surface area contributed by atoms with Crippen molar-refractivity contribution in [2.75, 3.05) is 33.0 Å². The number of likely N-dealkylation sites (N-methyl/N-ethyl adjacent to an activating group) is 1. The molecule has 20 heavy (non-hydrogen) atoms. The fourth-order valence-corrected chi connectivity index (χ4v) is 3.56. The summed E-state index contributed by atoms with van der Waals surface area (Å²) in [5.74, 6) is -0.0535. The summed E-state index contributed by atoms with van der Waals surface area (Å²) in [6, 6.07) is 0. The molecule has 0 saturated carbocycles. The van der Waals surface area contributed by atoms with E-state index in [2.05, 4.69) is 6.58 Å². The summed E-state index contributed by atoms with van der Waals surface area (Å²) in [6.07, 6.45) is 5.49. The van der Waals surface area contributed by atoms with E-state index in [-0.39, 0.29) is 5.91 Å². The largest absolute Gasteiger partial charge is 0.342 e. The summed E-state index contributed by atoms with van der Waals surface area (Å²) in [5.41, 5.74) is 0. The van der Waals surface area contributed by atoms with Crippen LogP contribution >= 0.6 is 7.60 Å². The standard InChI is InChI=1S/C14H28NO4P/c1-5-14(16)15(4)12-10-8-9-11-13-20(17,18-6-2)19-7-3/h5H,1,6-13H2,2-4H3. The van der Waals surface area contributed by atoms with Gasteiger partial charge in [-0.15, -0.1) is 0 Å². The third-order valence-corrected chi connectivity index (χ3v) is 5.05. The normalized spacial score (nSPS) is 11.3. The molecule has 0 aliphatic heterocycles. The van der Waals surface area contributed by atoms with E-state index >= 15 is 0 Å². The van der Waals surface area contributed by atoms with Gasteiger partial charge >= 0.3 is 7.60 Å². The first-order valence-electron chi connectivity index (χ1n) is 7.24. The Bertz CT molecular complexity index is 323. The zero-order valence-electron chi connectivity index (χ0n) is 13.0. The summed E-state index contributed by atoms with van der Waals surface area (Å²) in [5, 5.41) is 0. The first kappa shape index (κ1) is 19.4. The zero-order chi connectivity index (χ0) is 15.4. The number of unbranched alkanes of at least 4 members (excludes halogenated alkanes) is 3. The minimum atomic E-state index is -2.89. The van der Waals surface area contributed by atoms with Gasteiger partial charge in [0.2, 0.25) is 5.91 Å². The van der Waals surface area contributed by atoms with E-state index < -0.39 is 7.60 Å². The molecule has 0 heterocycles. The number of carbonyl (C=O) groups excluding carboxylic acids is 1. The highest BCUT2D eigenvalue weighted by Gasteiger charge is 2.22. The highest BCUT2D eigenvalue weighted by Crippen LogP contribution is 2.48. The summed E-state index contributed by atoms with van der Waals surface area (Å²) in [7, 11) is -1.12. The van der Waals surface area contributed by atoms with E-state index in [1.807, 2.05) is 13.8 Å². The molecule has 5 nitrogen and oxygen atoms in total. The smallest absolute Gasteiger partial charge is 0.330 e. The highest BCUT2D eigenvalue weighted by molar-refractivity contribution is 7.53. The number of carbonyl (C=O) groups is 1. The van der Waals surface area contributed by atoms with Crippen molar-refractivity contribution >= 4 is 13.5 Å². The predicted molar refractivity (Wildman–Crippen MR) is 82.0 cm³/mol. The first-order valence-corrected chi connectivity index (χ1v) is 8.97. The fraction of sp³-hybridized carbons (Fsp3) is 0.786. The van der Waals surface area contributed by atoms with E-state index in [1.165, 1.54) is 6.08 Å². The summed E-state index contributed by atoms with van der Waals surface area (Å²) in [4.78, 5) is 12.9. The van der Waals surface area contributed by atoms with Gasteiger partial charge in [-0.3, -0.25) is 9.36 Å². The second-order valence-electron chi connectivity index (χ2n) is 4.55. The van der Waals surface area contributed by atoms with Crippen molar-refractivity contribution in [2.24, 2.45) is 0 Å². The highest BCUT2D eigenvalue weighted by atomic mass is 31.2. The minimum absolute atomic E-state index is 0.0535. The maximum absolute atomic E-state index is 12.2. The lowest BCUT2D eigenvalue weighted by molar-refractivity contribution is -0.124. The zero-order valence-corrected chi connectivity index (χ0v) is 13.9. The lowest BCUT2D eigenvalue weighted by Gasteiger charge is -2.17. The van der Waals surface area contributed by atoms with Crippen LogP contribution in [0.4, 0.5) is 0 Å². The van der Waals surface area contributed by atoms with Gasteiger partial charge in [0.1, 0.15) is 0 Å². The van der Waals surface area contributed by atoms with Crippen molar-refractivity contribution in [3.63, 3.8) is 0 Å². The molecule has 0 spiro atoms. The molecule has 0 bridgehead atoms. The number of amides is 1. The number of hydrogen-bond acceptors (Lipinski definition) is 4.